The van der Waals surface area contributed by atoms with E-state index in [0.717, 1.165) is 51.4 Å². The Morgan fingerprint density at radius 3 is 1.33 bits per heavy atom. The molecule has 0 aromatic rings. The van der Waals surface area contributed by atoms with E-state index in [1.807, 2.05) is 0 Å². The van der Waals surface area contributed by atoms with Crippen molar-refractivity contribution in [3.05, 3.63) is 12.2 Å². The molecule has 6 nitrogen and oxygen atoms in total. The molecule has 0 spiro atoms. The first-order chi connectivity index (χ1) is 27.0. The number of hydrogen-bond donors (Lipinski definition) is 3. The van der Waals surface area contributed by atoms with Gasteiger partial charge in [0.15, 0.2) is 0 Å². The van der Waals surface area contributed by atoms with Gasteiger partial charge in [0.05, 0.1) is 25.2 Å². The maximum Gasteiger partial charge on any atom is 0.306 e. The Kier molecular flexibility index (Phi) is 42.6. The minimum absolute atomic E-state index is 0.0810. The second kappa shape index (κ2) is 43.7. The molecule has 3 atom stereocenters. The molecule has 3 N–H and O–H groups in total. The molecule has 6 heteroatoms. The van der Waals surface area contributed by atoms with Gasteiger partial charge in [-0.25, -0.2) is 0 Å². The maximum absolute atomic E-state index is 13.1. The Hall–Kier alpha value is -1.40. The van der Waals surface area contributed by atoms with Gasteiger partial charge in [-0.15, -0.1) is 0 Å². The van der Waals surface area contributed by atoms with E-state index in [1.54, 1.807) is 0 Å². The number of rotatable bonds is 44. The molecule has 0 aliphatic carbocycles. The molecular formula is C49H95NO5. The van der Waals surface area contributed by atoms with Crippen molar-refractivity contribution in [2.45, 2.75) is 283 Å². The van der Waals surface area contributed by atoms with Crippen LogP contribution in [-0.2, 0) is 14.3 Å². The van der Waals surface area contributed by atoms with Crippen LogP contribution in [-0.4, -0.2) is 46.9 Å². The third kappa shape index (κ3) is 39.2. The van der Waals surface area contributed by atoms with Crippen molar-refractivity contribution in [2.75, 3.05) is 6.61 Å². The highest BCUT2D eigenvalue weighted by atomic mass is 16.5. The molecule has 326 valence electrons. The fourth-order valence-corrected chi connectivity index (χ4v) is 7.60. The van der Waals surface area contributed by atoms with E-state index < -0.39 is 18.2 Å². The fourth-order valence-electron chi connectivity index (χ4n) is 7.60. The lowest BCUT2D eigenvalue weighted by Crippen LogP contribution is -2.46. The van der Waals surface area contributed by atoms with Gasteiger partial charge in [0.25, 0.3) is 0 Å². The summed E-state index contributed by atoms with van der Waals surface area (Å²) in [5.41, 5.74) is 0. The molecule has 0 saturated carbocycles. The zero-order chi connectivity index (χ0) is 40.3. The predicted molar refractivity (Wildman–Crippen MR) is 237 cm³/mol. The first-order valence-corrected chi connectivity index (χ1v) is 24.4. The lowest BCUT2D eigenvalue weighted by atomic mass is 10.0. The predicted octanol–water partition coefficient (Wildman–Crippen LogP) is 14.2. The summed E-state index contributed by atoms with van der Waals surface area (Å²) in [4.78, 5) is 26.0. The van der Waals surface area contributed by atoms with E-state index in [-0.39, 0.29) is 24.9 Å². The number of allylic oxidation sites excluding steroid dienone is 2. The van der Waals surface area contributed by atoms with Gasteiger partial charge in [0, 0.05) is 6.42 Å². The van der Waals surface area contributed by atoms with Crippen molar-refractivity contribution < 1.29 is 24.5 Å². The summed E-state index contributed by atoms with van der Waals surface area (Å²) in [6.45, 7) is 6.46. The molecule has 3 unspecified atom stereocenters. The average Bonchev–Trinajstić information content (AvgIpc) is 3.18. The van der Waals surface area contributed by atoms with Crippen LogP contribution in [0.15, 0.2) is 12.2 Å². The topological polar surface area (TPSA) is 95.9 Å². The molecule has 0 heterocycles. The van der Waals surface area contributed by atoms with Crippen molar-refractivity contribution in [3.63, 3.8) is 0 Å². The third-order valence-electron chi connectivity index (χ3n) is 11.3. The SMILES string of the molecule is CCCCC/C=C\CCCCCCCC(=O)OC(CCCCCCCCCCCCCCCC)CC(=O)NC(CO)C(O)CCCCCCCCCCCC. The maximum atomic E-state index is 13.1. The van der Waals surface area contributed by atoms with Crippen LogP contribution in [0.5, 0.6) is 0 Å². The van der Waals surface area contributed by atoms with Crippen molar-refractivity contribution >= 4 is 11.9 Å². The summed E-state index contributed by atoms with van der Waals surface area (Å²) in [5.74, 6) is -0.471. The molecule has 0 bridgehead atoms. The molecule has 0 aromatic heterocycles. The van der Waals surface area contributed by atoms with Crippen LogP contribution in [0.4, 0.5) is 0 Å². The summed E-state index contributed by atoms with van der Waals surface area (Å²) in [6, 6.07) is -0.694. The minimum Gasteiger partial charge on any atom is -0.462 e. The van der Waals surface area contributed by atoms with Gasteiger partial charge in [-0.3, -0.25) is 9.59 Å². The molecule has 0 radical (unpaired) electrons. The summed E-state index contributed by atoms with van der Waals surface area (Å²) in [5, 5.41) is 23.7. The van der Waals surface area contributed by atoms with Gasteiger partial charge in [-0.2, -0.15) is 0 Å². The van der Waals surface area contributed by atoms with Crippen molar-refractivity contribution in [1.29, 1.82) is 0 Å². The standard InChI is InChI=1S/C49H95NO5/c1-4-7-10-13-16-19-22-24-25-26-28-31-34-37-40-45(55-49(54)42-39-36-33-30-27-23-20-17-14-11-8-5-2)43-48(53)50-46(44-51)47(52)41-38-35-32-29-21-18-15-12-9-6-3/h17,20,45-47,51-52H,4-16,18-19,21-44H2,1-3H3,(H,50,53)/b20-17-. The average molecular weight is 778 g/mol. The van der Waals surface area contributed by atoms with Gasteiger partial charge < -0.3 is 20.3 Å². The van der Waals surface area contributed by atoms with Gasteiger partial charge >= 0.3 is 5.97 Å². The number of carbonyl (C=O) groups is 2. The normalized spacial score (nSPS) is 13.3. The number of aliphatic hydroxyl groups is 2. The third-order valence-corrected chi connectivity index (χ3v) is 11.3. The fraction of sp³-hybridized carbons (Fsp3) is 0.918. The van der Waals surface area contributed by atoms with Crippen LogP contribution in [0.1, 0.15) is 265 Å². The lowest BCUT2D eigenvalue weighted by Gasteiger charge is -2.24. The summed E-state index contributed by atoms with van der Waals surface area (Å²) >= 11 is 0. The molecule has 1 amide bonds. The van der Waals surface area contributed by atoms with E-state index >= 15 is 0 Å². The first kappa shape index (κ1) is 53.6. The highest BCUT2D eigenvalue weighted by molar-refractivity contribution is 5.77. The zero-order valence-corrected chi connectivity index (χ0v) is 37.1. The number of amides is 1. The number of carbonyl (C=O) groups excluding carboxylic acids is 2. The Labute approximate surface area is 342 Å². The van der Waals surface area contributed by atoms with Crippen LogP contribution < -0.4 is 5.32 Å². The number of esters is 1. The van der Waals surface area contributed by atoms with E-state index in [1.165, 1.54) is 167 Å². The van der Waals surface area contributed by atoms with Crippen LogP contribution >= 0.6 is 0 Å². The monoisotopic (exact) mass is 778 g/mol. The molecule has 0 aliphatic rings. The first-order valence-electron chi connectivity index (χ1n) is 24.4. The number of ether oxygens (including phenoxy) is 1. The summed E-state index contributed by atoms with van der Waals surface area (Å²) in [6.07, 6.45) is 46.9. The van der Waals surface area contributed by atoms with Crippen LogP contribution in [0.25, 0.3) is 0 Å². The molecule has 0 saturated heterocycles. The Bertz CT molecular complexity index is 832. The van der Waals surface area contributed by atoms with E-state index in [2.05, 4.69) is 38.2 Å². The van der Waals surface area contributed by atoms with Crippen molar-refractivity contribution in [1.82, 2.24) is 5.32 Å². The Morgan fingerprint density at radius 2 is 0.873 bits per heavy atom. The smallest absolute Gasteiger partial charge is 0.306 e. The van der Waals surface area contributed by atoms with Gasteiger partial charge in [0.2, 0.25) is 5.91 Å². The van der Waals surface area contributed by atoms with Crippen LogP contribution in [0, 0.1) is 0 Å². The van der Waals surface area contributed by atoms with Gasteiger partial charge in [-0.05, 0) is 51.4 Å². The van der Waals surface area contributed by atoms with Crippen molar-refractivity contribution in [2.24, 2.45) is 0 Å². The minimum atomic E-state index is -0.781. The second-order valence-electron chi connectivity index (χ2n) is 16.9. The van der Waals surface area contributed by atoms with E-state index in [0.29, 0.717) is 19.3 Å². The number of nitrogens with one attached hydrogen (secondary N) is 1. The number of unbranched alkanes of at least 4 members (excludes halogenated alkanes) is 30. The highest BCUT2D eigenvalue weighted by Crippen LogP contribution is 2.18. The molecule has 0 fully saturated rings. The van der Waals surface area contributed by atoms with Gasteiger partial charge in [0.1, 0.15) is 6.10 Å². The van der Waals surface area contributed by atoms with Crippen LogP contribution in [0.3, 0.4) is 0 Å². The van der Waals surface area contributed by atoms with Crippen molar-refractivity contribution in [3.8, 4) is 0 Å². The largest absolute Gasteiger partial charge is 0.462 e. The molecular weight excluding hydrogens is 683 g/mol. The molecule has 55 heavy (non-hydrogen) atoms. The molecule has 0 aliphatic heterocycles. The zero-order valence-electron chi connectivity index (χ0n) is 37.1. The van der Waals surface area contributed by atoms with E-state index in [4.69, 9.17) is 4.74 Å². The van der Waals surface area contributed by atoms with Crippen LogP contribution in [0.2, 0.25) is 0 Å². The molecule has 0 aromatic carbocycles. The lowest BCUT2D eigenvalue weighted by molar-refractivity contribution is -0.151. The summed E-state index contributed by atoms with van der Waals surface area (Å²) in [7, 11) is 0. The Morgan fingerprint density at radius 1 is 0.509 bits per heavy atom. The van der Waals surface area contributed by atoms with E-state index in [9.17, 15) is 19.8 Å². The van der Waals surface area contributed by atoms with Gasteiger partial charge in [-0.1, -0.05) is 213 Å². The second-order valence-corrected chi connectivity index (χ2v) is 16.9. The highest BCUT2D eigenvalue weighted by Gasteiger charge is 2.24. The quantitative estimate of drug-likeness (QED) is 0.0325. The molecule has 0 rings (SSSR count). The Balaban J connectivity index is 4.57. The number of hydrogen-bond acceptors (Lipinski definition) is 5. The number of aliphatic hydroxyl groups excluding tert-OH is 2. The summed E-state index contributed by atoms with van der Waals surface area (Å²) < 4.78 is 5.92.